The van der Waals surface area contributed by atoms with Crippen molar-refractivity contribution in [1.82, 2.24) is 19.9 Å². The lowest BCUT2D eigenvalue weighted by Gasteiger charge is -2.36. The van der Waals surface area contributed by atoms with Gasteiger partial charge in [0.15, 0.2) is 5.82 Å². The fourth-order valence-corrected chi connectivity index (χ4v) is 8.28. The van der Waals surface area contributed by atoms with Gasteiger partial charge in [0.25, 0.3) is 0 Å². The van der Waals surface area contributed by atoms with Crippen molar-refractivity contribution in [2.45, 2.75) is 49.9 Å². The van der Waals surface area contributed by atoms with Gasteiger partial charge in [0, 0.05) is 55.0 Å². The summed E-state index contributed by atoms with van der Waals surface area (Å²) in [6, 6.07) is 5.38. The van der Waals surface area contributed by atoms with Gasteiger partial charge in [-0.15, -0.1) is 6.42 Å². The molecule has 0 radical (unpaired) electrons. The minimum Gasteiger partial charge on any atom is -0.508 e. The minimum absolute atomic E-state index is 0.0355. The van der Waals surface area contributed by atoms with Crippen LogP contribution in [-0.4, -0.2) is 80.7 Å². The van der Waals surface area contributed by atoms with Crippen LogP contribution in [0.2, 0.25) is 0 Å². The molecule has 5 heterocycles. The zero-order valence-corrected chi connectivity index (χ0v) is 24.5. The van der Waals surface area contributed by atoms with E-state index in [1.54, 1.807) is 0 Å². The van der Waals surface area contributed by atoms with Gasteiger partial charge in [0.05, 0.1) is 22.6 Å². The summed E-state index contributed by atoms with van der Waals surface area (Å²) in [4.78, 5) is 17.9. The Morgan fingerprint density at radius 3 is 2.69 bits per heavy atom. The van der Waals surface area contributed by atoms with Gasteiger partial charge >= 0.3 is 6.01 Å². The third-order valence-electron chi connectivity index (χ3n) is 10.4. The van der Waals surface area contributed by atoms with Gasteiger partial charge in [-0.2, -0.15) is 9.97 Å². The van der Waals surface area contributed by atoms with Crippen molar-refractivity contribution in [3.8, 4) is 35.4 Å². The number of benzene rings is 2. The summed E-state index contributed by atoms with van der Waals surface area (Å²) in [5.41, 5.74) is -0.610. The molecule has 4 atom stereocenters. The van der Waals surface area contributed by atoms with Gasteiger partial charge in [-0.3, -0.25) is 9.88 Å². The summed E-state index contributed by atoms with van der Waals surface area (Å²) in [5.74, 6) is 1.33. The van der Waals surface area contributed by atoms with Gasteiger partial charge in [-0.1, -0.05) is 12.0 Å². The third-order valence-corrected chi connectivity index (χ3v) is 10.4. The summed E-state index contributed by atoms with van der Waals surface area (Å²) < 4.78 is 52.2. The Labute approximate surface area is 257 Å². The molecule has 0 spiro atoms. The van der Waals surface area contributed by atoms with Gasteiger partial charge in [0.1, 0.15) is 41.4 Å². The van der Waals surface area contributed by atoms with Crippen LogP contribution in [0.3, 0.4) is 0 Å². The number of hydrogen-bond donors (Lipinski definition) is 2. The molecule has 2 unspecified atom stereocenters. The number of alkyl halides is 1. The van der Waals surface area contributed by atoms with Gasteiger partial charge in [-0.05, 0) is 55.8 Å². The number of aliphatic hydroxyl groups is 1. The maximum absolute atomic E-state index is 16.8. The fourth-order valence-electron chi connectivity index (χ4n) is 8.28. The first kappa shape index (κ1) is 28.3. The lowest BCUT2D eigenvalue weighted by Crippen LogP contribution is -2.45. The summed E-state index contributed by atoms with van der Waals surface area (Å²) in [5, 5.41) is 22.2. The first-order chi connectivity index (χ1) is 21.7. The number of phenols is 1. The molecule has 4 fully saturated rings. The number of rotatable bonds is 5. The molecular weight excluding hydrogens is 583 g/mol. The monoisotopic (exact) mass is 615 g/mol. The Hall–Kier alpha value is -4.14. The SMILES string of the molecule is C#Cc1c(F)ccc2cc(O)cc(-c3ncc4c(N5CC6CCC(C5)C6O)nc(OC[C@@]56CCCN5C[C@H](F)C6)nc4c3F)c12. The highest BCUT2D eigenvalue weighted by Gasteiger charge is 2.49. The van der Waals surface area contributed by atoms with E-state index in [-0.39, 0.29) is 64.0 Å². The van der Waals surface area contributed by atoms with Crippen LogP contribution in [0.15, 0.2) is 30.5 Å². The molecule has 1 aliphatic carbocycles. The Bertz CT molecular complexity index is 1890. The number of halogens is 3. The number of nitrogens with zero attached hydrogens (tertiary/aromatic N) is 5. The predicted molar refractivity (Wildman–Crippen MR) is 163 cm³/mol. The summed E-state index contributed by atoms with van der Waals surface area (Å²) in [6.45, 7) is 2.41. The number of terminal acetylenes is 1. The van der Waals surface area contributed by atoms with Crippen LogP contribution in [0, 0.1) is 35.8 Å². The first-order valence-corrected chi connectivity index (χ1v) is 15.5. The van der Waals surface area contributed by atoms with E-state index in [0.29, 0.717) is 42.6 Å². The van der Waals surface area contributed by atoms with E-state index in [2.05, 4.69) is 20.8 Å². The molecule has 4 aliphatic rings. The smallest absolute Gasteiger partial charge is 0.319 e. The van der Waals surface area contributed by atoms with Gasteiger partial charge in [-0.25, -0.2) is 13.2 Å². The van der Waals surface area contributed by atoms with Crippen LogP contribution < -0.4 is 9.64 Å². The normalized spacial score (nSPS) is 27.8. The van der Waals surface area contributed by atoms with Crippen molar-refractivity contribution in [3.63, 3.8) is 0 Å². The van der Waals surface area contributed by atoms with Crippen molar-refractivity contribution in [3.05, 3.63) is 47.7 Å². The molecule has 8 nitrogen and oxygen atoms in total. The van der Waals surface area contributed by atoms with E-state index in [4.69, 9.17) is 16.1 Å². The van der Waals surface area contributed by atoms with E-state index in [1.165, 1.54) is 30.5 Å². The highest BCUT2D eigenvalue weighted by Crippen LogP contribution is 2.43. The Morgan fingerprint density at radius 1 is 1.11 bits per heavy atom. The number of aromatic nitrogens is 3. The number of phenolic OH excluding ortho intramolecular Hbond substituents is 1. The summed E-state index contributed by atoms with van der Waals surface area (Å²) >= 11 is 0. The van der Waals surface area contributed by atoms with Crippen LogP contribution in [0.1, 0.15) is 37.7 Å². The molecular formula is C34H32F3N5O3. The van der Waals surface area contributed by atoms with Crippen LogP contribution in [-0.2, 0) is 0 Å². The van der Waals surface area contributed by atoms with Gasteiger partial charge in [0.2, 0.25) is 0 Å². The highest BCUT2D eigenvalue weighted by molar-refractivity contribution is 6.03. The third kappa shape index (κ3) is 4.49. The van der Waals surface area contributed by atoms with Crippen molar-refractivity contribution < 1.29 is 28.1 Å². The quantitative estimate of drug-likeness (QED) is 0.304. The molecule has 4 aromatic rings. The van der Waals surface area contributed by atoms with Crippen molar-refractivity contribution in [2.75, 3.05) is 37.7 Å². The maximum atomic E-state index is 16.8. The zero-order valence-electron chi connectivity index (χ0n) is 24.5. The number of aromatic hydroxyl groups is 1. The van der Waals surface area contributed by atoms with Crippen LogP contribution in [0.25, 0.3) is 32.9 Å². The summed E-state index contributed by atoms with van der Waals surface area (Å²) in [6.07, 6.45) is 9.72. The Morgan fingerprint density at radius 2 is 1.91 bits per heavy atom. The number of anilines is 1. The minimum atomic E-state index is -0.932. The molecule has 2 bridgehead atoms. The van der Waals surface area contributed by atoms with E-state index in [9.17, 15) is 19.0 Å². The predicted octanol–water partition coefficient (Wildman–Crippen LogP) is 4.97. The average Bonchev–Trinajstić information content (AvgIpc) is 3.60. The number of hydrogen-bond acceptors (Lipinski definition) is 8. The fraction of sp³-hybridized carbons (Fsp3) is 0.441. The second-order valence-electron chi connectivity index (χ2n) is 13.0. The summed E-state index contributed by atoms with van der Waals surface area (Å²) in [7, 11) is 0. The molecule has 45 heavy (non-hydrogen) atoms. The second kappa shape index (κ2) is 10.5. The van der Waals surface area contributed by atoms with Gasteiger partial charge < -0.3 is 19.8 Å². The van der Waals surface area contributed by atoms with E-state index < -0.39 is 23.3 Å². The molecule has 11 heteroatoms. The first-order valence-electron chi connectivity index (χ1n) is 15.5. The topological polar surface area (TPSA) is 94.8 Å². The highest BCUT2D eigenvalue weighted by atomic mass is 19.1. The van der Waals surface area contributed by atoms with Crippen LogP contribution in [0.5, 0.6) is 11.8 Å². The molecule has 2 aromatic heterocycles. The molecule has 232 valence electrons. The molecule has 2 N–H and O–H groups in total. The number of aliphatic hydroxyl groups excluding tert-OH is 1. The molecule has 8 rings (SSSR count). The maximum Gasteiger partial charge on any atom is 0.319 e. The second-order valence-corrected chi connectivity index (χ2v) is 13.0. The Kier molecular flexibility index (Phi) is 6.59. The molecule has 3 saturated heterocycles. The van der Waals surface area contributed by atoms with Crippen LogP contribution in [0.4, 0.5) is 19.0 Å². The number of piperidine rings is 1. The largest absolute Gasteiger partial charge is 0.508 e. The standard InChI is InChI=1S/C34H32F3N5O3/c1-2-23-26(36)7-6-18-10-22(43)11-24(27(18)23)29-28(37)30-25(13-38-29)32(41-14-19-4-5-20(15-41)31(19)44)40-33(39-30)45-17-34-8-3-9-42(34)16-21(35)12-34/h1,6-7,10-11,13,19-21,31,43-44H,3-5,8-9,12,14-17H2/t19?,20?,21-,31?,34+/m1/s1. The molecule has 1 saturated carbocycles. The van der Waals surface area contributed by atoms with E-state index in [0.717, 1.165) is 32.2 Å². The van der Waals surface area contributed by atoms with Crippen molar-refractivity contribution >= 4 is 27.5 Å². The number of pyridine rings is 1. The molecule has 3 aliphatic heterocycles. The molecule has 2 aromatic carbocycles. The average molecular weight is 616 g/mol. The van der Waals surface area contributed by atoms with Crippen molar-refractivity contribution in [1.29, 1.82) is 0 Å². The molecule has 0 amide bonds. The Balaban J connectivity index is 1.28. The van der Waals surface area contributed by atoms with E-state index >= 15 is 4.39 Å². The lowest BCUT2D eigenvalue weighted by molar-refractivity contribution is 0.0790. The zero-order chi connectivity index (χ0) is 31.0. The number of ether oxygens (including phenoxy) is 1. The lowest BCUT2D eigenvalue weighted by atomic mass is 9.94. The van der Waals surface area contributed by atoms with Crippen LogP contribution >= 0.6 is 0 Å². The van der Waals surface area contributed by atoms with E-state index in [1.807, 2.05) is 4.90 Å². The van der Waals surface area contributed by atoms with Crippen molar-refractivity contribution in [2.24, 2.45) is 11.8 Å². The number of fused-ring (bicyclic) bond motifs is 5.